The smallest absolute Gasteiger partial charge is 0.135 e. The summed E-state index contributed by atoms with van der Waals surface area (Å²) in [6, 6.07) is 3.97. The van der Waals surface area contributed by atoms with Crippen molar-refractivity contribution >= 4 is 5.52 Å². The summed E-state index contributed by atoms with van der Waals surface area (Å²) in [5, 5.41) is 0. The number of hydrogen-bond acceptors (Lipinski definition) is 2. The fraction of sp³-hybridized carbons (Fsp3) is 0.364. The average Bonchev–Trinajstić information content (AvgIpc) is 2.61. The number of aromatic nitrogens is 2. The van der Waals surface area contributed by atoms with E-state index in [1.165, 1.54) is 0 Å². The quantitative estimate of drug-likeness (QED) is 0.742. The Balaban J connectivity index is 2.52. The Hall–Kier alpha value is -1.51. The van der Waals surface area contributed by atoms with Gasteiger partial charge < -0.3 is 9.14 Å². The molecular formula is C11H14N2O. The predicted molar refractivity (Wildman–Crippen MR) is 55.7 cm³/mol. The van der Waals surface area contributed by atoms with Crippen LogP contribution in [0.15, 0.2) is 24.5 Å². The Morgan fingerprint density at radius 2 is 2.29 bits per heavy atom. The fourth-order valence-electron chi connectivity index (χ4n) is 1.55. The number of pyridine rings is 1. The van der Waals surface area contributed by atoms with Gasteiger partial charge in [0.15, 0.2) is 0 Å². The molecule has 2 rings (SSSR count). The fourth-order valence-corrected chi connectivity index (χ4v) is 1.55. The second kappa shape index (κ2) is 3.70. The maximum Gasteiger partial charge on any atom is 0.135 e. The molecule has 0 unspecified atom stereocenters. The summed E-state index contributed by atoms with van der Waals surface area (Å²) in [4.78, 5) is 4.37. The van der Waals surface area contributed by atoms with Crippen molar-refractivity contribution in [2.24, 2.45) is 0 Å². The monoisotopic (exact) mass is 190 g/mol. The Labute approximate surface area is 83.3 Å². The largest absolute Gasteiger partial charge is 0.495 e. The number of fused-ring (bicyclic) bond motifs is 1. The maximum absolute atomic E-state index is 5.18. The first-order valence-electron chi connectivity index (χ1n) is 4.85. The van der Waals surface area contributed by atoms with E-state index in [9.17, 15) is 0 Å². The molecule has 0 aliphatic carbocycles. The van der Waals surface area contributed by atoms with Gasteiger partial charge in [0.2, 0.25) is 0 Å². The van der Waals surface area contributed by atoms with E-state index in [4.69, 9.17) is 4.74 Å². The van der Waals surface area contributed by atoms with Crippen LogP contribution in [0.2, 0.25) is 0 Å². The molecule has 0 aromatic carbocycles. The Morgan fingerprint density at radius 1 is 1.43 bits per heavy atom. The Kier molecular flexibility index (Phi) is 2.39. The van der Waals surface area contributed by atoms with Crippen LogP contribution >= 0.6 is 0 Å². The van der Waals surface area contributed by atoms with E-state index in [1.807, 2.05) is 24.5 Å². The first-order chi connectivity index (χ1) is 6.85. The number of methoxy groups -OCH3 is 1. The van der Waals surface area contributed by atoms with Gasteiger partial charge in [-0.2, -0.15) is 0 Å². The molecular weight excluding hydrogens is 176 g/mol. The second-order valence-corrected chi connectivity index (χ2v) is 3.29. The summed E-state index contributed by atoms with van der Waals surface area (Å²) < 4.78 is 7.26. The van der Waals surface area contributed by atoms with Crippen LogP contribution < -0.4 is 4.74 Å². The van der Waals surface area contributed by atoms with Gasteiger partial charge >= 0.3 is 0 Å². The highest BCUT2D eigenvalue weighted by Gasteiger charge is 2.02. The molecule has 14 heavy (non-hydrogen) atoms. The van der Waals surface area contributed by atoms with Gasteiger partial charge in [0.25, 0.3) is 0 Å². The van der Waals surface area contributed by atoms with E-state index in [-0.39, 0.29) is 0 Å². The van der Waals surface area contributed by atoms with Crippen molar-refractivity contribution < 1.29 is 4.74 Å². The van der Waals surface area contributed by atoms with Gasteiger partial charge in [-0.25, -0.2) is 4.98 Å². The Morgan fingerprint density at radius 3 is 3.00 bits per heavy atom. The lowest BCUT2D eigenvalue weighted by atomic mass is 10.3. The average molecular weight is 190 g/mol. The van der Waals surface area contributed by atoms with E-state index >= 15 is 0 Å². The molecule has 0 aliphatic rings. The van der Waals surface area contributed by atoms with Crippen LogP contribution in [0.4, 0.5) is 0 Å². The summed E-state index contributed by atoms with van der Waals surface area (Å²) in [6.07, 6.45) is 5.98. The molecule has 0 N–H and O–H groups in total. The summed E-state index contributed by atoms with van der Waals surface area (Å²) in [5.74, 6) is 1.97. The minimum absolute atomic E-state index is 0.868. The van der Waals surface area contributed by atoms with Gasteiger partial charge in [-0.3, -0.25) is 0 Å². The zero-order chi connectivity index (χ0) is 9.97. The molecule has 74 valence electrons. The van der Waals surface area contributed by atoms with Gasteiger partial charge in [0.05, 0.1) is 25.0 Å². The van der Waals surface area contributed by atoms with Crippen LogP contribution in [0.3, 0.4) is 0 Å². The highest BCUT2D eigenvalue weighted by Crippen LogP contribution is 2.15. The predicted octanol–water partition coefficient (Wildman–Crippen LogP) is 2.30. The normalized spacial score (nSPS) is 10.7. The van der Waals surface area contributed by atoms with Crippen molar-refractivity contribution in [1.82, 2.24) is 9.38 Å². The van der Waals surface area contributed by atoms with Gasteiger partial charge in [0, 0.05) is 6.42 Å². The zero-order valence-corrected chi connectivity index (χ0v) is 8.53. The van der Waals surface area contributed by atoms with Crippen molar-refractivity contribution in [3.63, 3.8) is 0 Å². The third-order valence-corrected chi connectivity index (χ3v) is 2.29. The number of imidazole rings is 1. The molecule has 0 amide bonds. The summed E-state index contributed by atoms with van der Waals surface area (Å²) in [5.41, 5.74) is 1.12. The molecule has 0 radical (unpaired) electrons. The molecule has 2 aromatic rings. The number of aryl methyl sites for hydroxylation is 1. The first kappa shape index (κ1) is 9.06. The molecule has 3 nitrogen and oxygen atoms in total. The van der Waals surface area contributed by atoms with Crippen LogP contribution in [0.1, 0.15) is 19.2 Å². The molecule has 0 bridgehead atoms. The summed E-state index contributed by atoms with van der Waals surface area (Å²) in [7, 11) is 1.68. The summed E-state index contributed by atoms with van der Waals surface area (Å²) in [6.45, 7) is 2.15. The lowest BCUT2D eigenvalue weighted by Gasteiger charge is -2.02. The lowest BCUT2D eigenvalue weighted by molar-refractivity contribution is 0.412. The van der Waals surface area contributed by atoms with E-state index in [1.54, 1.807) is 7.11 Å². The molecule has 0 saturated carbocycles. The SMILES string of the molecule is CCCc1ncc2ccc(OC)cn12. The zero-order valence-electron chi connectivity index (χ0n) is 8.53. The van der Waals surface area contributed by atoms with Crippen LogP contribution in [-0.4, -0.2) is 16.5 Å². The van der Waals surface area contributed by atoms with Crippen molar-refractivity contribution in [1.29, 1.82) is 0 Å². The third-order valence-electron chi connectivity index (χ3n) is 2.29. The number of ether oxygens (including phenoxy) is 1. The minimum atomic E-state index is 0.868. The van der Waals surface area contributed by atoms with Crippen molar-refractivity contribution in [2.45, 2.75) is 19.8 Å². The van der Waals surface area contributed by atoms with E-state index < -0.39 is 0 Å². The topological polar surface area (TPSA) is 26.5 Å². The lowest BCUT2D eigenvalue weighted by Crippen LogP contribution is -1.94. The number of rotatable bonds is 3. The molecule has 0 saturated heterocycles. The molecule has 2 heterocycles. The third kappa shape index (κ3) is 1.45. The second-order valence-electron chi connectivity index (χ2n) is 3.29. The van der Waals surface area contributed by atoms with Crippen LogP contribution in [0, 0.1) is 0 Å². The molecule has 0 spiro atoms. The highest BCUT2D eigenvalue weighted by molar-refractivity contribution is 5.48. The van der Waals surface area contributed by atoms with Gasteiger partial charge in [-0.1, -0.05) is 6.92 Å². The summed E-state index contributed by atoms with van der Waals surface area (Å²) >= 11 is 0. The van der Waals surface area contributed by atoms with Crippen LogP contribution in [-0.2, 0) is 6.42 Å². The van der Waals surface area contributed by atoms with Gasteiger partial charge in [-0.15, -0.1) is 0 Å². The van der Waals surface area contributed by atoms with Crippen molar-refractivity contribution in [3.05, 3.63) is 30.4 Å². The number of nitrogens with zero attached hydrogens (tertiary/aromatic N) is 2. The maximum atomic E-state index is 5.18. The van der Waals surface area contributed by atoms with Crippen LogP contribution in [0.5, 0.6) is 5.75 Å². The van der Waals surface area contributed by atoms with Crippen molar-refractivity contribution in [3.8, 4) is 5.75 Å². The molecule has 3 heteroatoms. The molecule has 0 atom stereocenters. The van der Waals surface area contributed by atoms with Crippen molar-refractivity contribution in [2.75, 3.05) is 7.11 Å². The Bertz CT molecular complexity index is 434. The van der Waals surface area contributed by atoms with Gasteiger partial charge in [-0.05, 0) is 18.6 Å². The first-order valence-corrected chi connectivity index (χ1v) is 4.85. The molecule has 0 fully saturated rings. The molecule has 0 aliphatic heterocycles. The number of hydrogen-bond donors (Lipinski definition) is 0. The molecule has 2 aromatic heterocycles. The van der Waals surface area contributed by atoms with E-state index in [0.29, 0.717) is 0 Å². The van der Waals surface area contributed by atoms with Gasteiger partial charge in [0.1, 0.15) is 11.6 Å². The highest BCUT2D eigenvalue weighted by atomic mass is 16.5. The standard InChI is InChI=1S/C11H14N2O/c1-3-4-11-12-7-9-5-6-10(14-2)8-13(9)11/h5-8H,3-4H2,1-2H3. The minimum Gasteiger partial charge on any atom is -0.495 e. The van der Waals surface area contributed by atoms with Crippen LogP contribution in [0.25, 0.3) is 5.52 Å². The van der Waals surface area contributed by atoms with E-state index in [0.717, 1.165) is 29.9 Å². The van der Waals surface area contributed by atoms with E-state index in [2.05, 4.69) is 16.3 Å².